The van der Waals surface area contributed by atoms with Gasteiger partial charge in [-0.15, -0.1) is 0 Å². The molecular formula is C21H20BrClF2N4O3. The number of aromatic nitrogens is 3. The third-order valence-electron chi connectivity index (χ3n) is 4.91. The number of benzene rings is 1. The summed E-state index contributed by atoms with van der Waals surface area (Å²) < 4.78 is 38.9. The van der Waals surface area contributed by atoms with Gasteiger partial charge in [-0.25, -0.2) is 14.8 Å². The molecule has 32 heavy (non-hydrogen) atoms. The standard InChI is InChI=1S/C21H20BrClF2N4O3/c1-21(2,3)32-20(30)28-11-7-14(17-10(22)5-4-6-15(17)31-19(24)25)29-13-8-16(23)26-9-12(13)27-18(11)29/h4-6,8-9,11,14,19H,7H2,1-3H3,(H,28,30)/t11-,14-/m1/s1. The van der Waals surface area contributed by atoms with Crippen molar-refractivity contribution >= 4 is 44.7 Å². The van der Waals surface area contributed by atoms with Gasteiger partial charge in [-0.05, 0) is 32.9 Å². The van der Waals surface area contributed by atoms with Crippen molar-refractivity contribution in [3.05, 3.63) is 51.5 Å². The van der Waals surface area contributed by atoms with Crippen molar-refractivity contribution in [2.24, 2.45) is 0 Å². The largest absolute Gasteiger partial charge is 0.444 e. The van der Waals surface area contributed by atoms with Gasteiger partial charge < -0.3 is 19.4 Å². The Hall–Kier alpha value is -2.46. The number of imidazole rings is 1. The maximum absolute atomic E-state index is 13.1. The molecule has 3 aromatic rings. The highest BCUT2D eigenvalue weighted by molar-refractivity contribution is 9.10. The van der Waals surface area contributed by atoms with Gasteiger partial charge >= 0.3 is 12.7 Å². The zero-order valence-electron chi connectivity index (χ0n) is 17.4. The van der Waals surface area contributed by atoms with Gasteiger partial charge in [-0.1, -0.05) is 33.6 Å². The molecule has 3 heterocycles. The highest BCUT2D eigenvalue weighted by Gasteiger charge is 2.39. The van der Waals surface area contributed by atoms with Crippen LogP contribution in [-0.4, -0.2) is 32.8 Å². The zero-order valence-corrected chi connectivity index (χ0v) is 19.7. The highest BCUT2D eigenvalue weighted by Crippen LogP contribution is 2.46. The van der Waals surface area contributed by atoms with Crippen LogP contribution in [0.4, 0.5) is 13.6 Å². The Bertz CT molecular complexity index is 1180. The van der Waals surface area contributed by atoms with E-state index in [0.29, 0.717) is 33.3 Å². The number of hydrogen-bond acceptors (Lipinski definition) is 5. The number of carbonyl (C=O) groups is 1. The van der Waals surface area contributed by atoms with Crippen LogP contribution in [0.25, 0.3) is 11.0 Å². The minimum Gasteiger partial charge on any atom is -0.444 e. The molecule has 0 aliphatic carbocycles. The molecule has 0 saturated heterocycles. The molecule has 1 aliphatic heterocycles. The van der Waals surface area contributed by atoms with Crippen LogP contribution < -0.4 is 10.1 Å². The second-order valence-electron chi connectivity index (χ2n) is 8.32. The Balaban J connectivity index is 1.82. The van der Waals surface area contributed by atoms with Crippen molar-refractivity contribution in [1.29, 1.82) is 0 Å². The first-order valence-electron chi connectivity index (χ1n) is 9.79. The van der Waals surface area contributed by atoms with Gasteiger partial charge in [0.05, 0.1) is 23.8 Å². The van der Waals surface area contributed by atoms with Crippen molar-refractivity contribution in [2.45, 2.75) is 51.5 Å². The first kappa shape index (κ1) is 22.7. The van der Waals surface area contributed by atoms with E-state index >= 15 is 0 Å². The Morgan fingerprint density at radius 1 is 1.38 bits per heavy atom. The maximum Gasteiger partial charge on any atom is 0.408 e. The fourth-order valence-electron chi connectivity index (χ4n) is 3.86. The molecule has 0 bridgehead atoms. The predicted molar refractivity (Wildman–Crippen MR) is 118 cm³/mol. The molecule has 2 atom stereocenters. The van der Waals surface area contributed by atoms with E-state index in [4.69, 9.17) is 21.1 Å². The van der Waals surface area contributed by atoms with Gasteiger partial charge in [0.15, 0.2) is 0 Å². The monoisotopic (exact) mass is 528 g/mol. The zero-order chi connectivity index (χ0) is 23.2. The lowest BCUT2D eigenvalue weighted by molar-refractivity contribution is -0.0507. The number of nitrogens with one attached hydrogen (secondary N) is 1. The van der Waals surface area contributed by atoms with Gasteiger partial charge in [0.2, 0.25) is 0 Å². The van der Waals surface area contributed by atoms with E-state index in [0.717, 1.165) is 0 Å². The number of halogens is 4. The second kappa shape index (κ2) is 8.47. The summed E-state index contributed by atoms with van der Waals surface area (Å²) >= 11 is 9.59. The SMILES string of the molecule is CC(C)(C)OC(=O)N[C@@H]1C[C@H](c2c(Br)cccc2OC(F)F)n2c1nc1cnc(Cl)cc12. The van der Waals surface area contributed by atoms with Crippen molar-refractivity contribution in [2.75, 3.05) is 0 Å². The number of rotatable bonds is 4. The second-order valence-corrected chi connectivity index (χ2v) is 9.56. The van der Waals surface area contributed by atoms with Crippen LogP contribution in [0.2, 0.25) is 5.15 Å². The van der Waals surface area contributed by atoms with E-state index in [1.165, 1.54) is 12.3 Å². The summed E-state index contributed by atoms with van der Waals surface area (Å²) in [7, 11) is 0. The Kier molecular flexibility index (Phi) is 6.02. The van der Waals surface area contributed by atoms with E-state index in [1.807, 2.05) is 4.57 Å². The topological polar surface area (TPSA) is 78.3 Å². The molecule has 0 saturated carbocycles. The molecule has 1 aliphatic rings. The molecule has 0 fully saturated rings. The number of fused-ring (bicyclic) bond motifs is 3. The molecule has 2 aromatic heterocycles. The fraction of sp³-hybridized carbons (Fsp3) is 0.381. The van der Waals surface area contributed by atoms with E-state index < -0.39 is 30.4 Å². The van der Waals surface area contributed by atoms with Gasteiger partial charge in [0.1, 0.15) is 27.8 Å². The van der Waals surface area contributed by atoms with E-state index in [-0.39, 0.29) is 10.9 Å². The van der Waals surface area contributed by atoms with Crippen molar-refractivity contribution in [3.8, 4) is 5.75 Å². The van der Waals surface area contributed by atoms with Gasteiger partial charge in [-0.3, -0.25) is 0 Å². The van der Waals surface area contributed by atoms with Crippen LogP contribution in [0.1, 0.15) is 50.7 Å². The molecule has 0 spiro atoms. The van der Waals surface area contributed by atoms with Gasteiger partial charge in [0, 0.05) is 22.5 Å². The lowest BCUT2D eigenvalue weighted by Crippen LogP contribution is -2.34. The third kappa shape index (κ3) is 4.52. The van der Waals surface area contributed by atoms with Crippen LogP contribution in [0.15, 0.2) is 34.9 Å². The average molecular weight is 530 g/mol. The summed E-state index contributed by atoms with van der Waals surface area (Å²) in [6, 6.07) is 5.49. The Morgan fingerprint density at radius 3 is 2.81 bits per heavy atom. The van der Waals surface area contributed by atoms with Crippen LogP contribution in [0, 0.1) is 0 Å². The Labute approximate surface area is 196 Å². The maximum atomic E-state index is 13.1. The number of hydrogen-bond donors (Lipinski definition) is 1. The first-order valence-corrected chi connectivity index (χ1v) is 11.0. The number of alkyl carbamates (subject to hydrolysis) is 1. The number of nitrogens with zero attached hydrogens (tertiary/aromatic N) is 3. The smallest absolute Gasteiger partial charge is 0.408 e. The number of carbonyl (C=O) groups excluding carboxylic acids is 1. The van der Waals surface area contributed by atoms with Gasteiger partial charge in [-0.2, -0.15) is 8.78 Å². The van der Waals surface area contributed by atoms with Crippen molar-refractivity contribution in [1.82, 2.24) is 19.9 Å². The minimum absolute atomic E-state index is 0.0326. The number of alkyl halides is 2. The first-order chi connectivity index (χ1) is 15.0. The summed E-state index contributed by atoms with van der Waals surface area (Å²) in [6.07, 6.45) is 1.27. The molecular weight excluding hydrogens is 510 g/mol. The molecule has 0 radical (unpaired) electrons. The molecule has 4 rings (SSSR count). The van der Waals surface area contributed by atoms with Crippen LogP contribution in [0.5, 0.6) is 5.75 Å². The molecule has 1 aromatic carbocycles. The van der Waals surface area contributed by atoms with E-state index in [1.54, 1.807) is 39.0 Å². The summed E-state index contributed by atoms with van der Waals surface area (Å²) in [6.45, 7) is 2.31. The third-order valence-corrected chi connectivity index (χ3v) is 5.80. The summed E-state index contributed by atoms with van der Waals surface area (Å²) in [5, 5.41) is 3.11. The summed E-state index contributed by atoms with van der Waals surface area (Å²) in [5.41, 5.74) is 1.06. The number of pyridine rings is 1. The van der Waals surface area contributed by atoms with E-state index in [9.17, 15) is 13.6 Å². The molecule has 170 valence electrons. The fourth-order valence-corrected chi connectivity index (χ4v) is 4.62. The predicted octanol–water partition coefficient (Wildman–Crippen LogP) is 6.01. The lowest BCUT2D eigenvalue weighted by atomic mass is 10.0. The summed E-state index contributed by atoms with van der Waals surface area (Å²) in [4.78, 5) is 21.2. The van der Waals surface area contributed by atoms with Crippen LogP contribution in [0.3, 0.4) is 0 Å². The molecule has 1 N–H and O–H groups in total. The van der Waals surface area contributed by atoms with Crippen molar-refractivity contribution in [3.63, 3.8) is 0 Å². The highest BCUT2D eigenvalue weighted by atomic mass is 79.9. The van der Waals surface area contributed by atoms with Gasteiger partial charge in [0.25, 0.3) is 0 Å². The molecule has 7 nitrogen and oxygen atoms in total. The van der Waals surface area contributed by atoms with E-state index in [2.05, 4.69) is 31.2 Å². The van der Waals surface area contributed by atoms with Crippen LogP contribution >= 0.6 is 27.5 Å². The minimum atomic E-state index is -2.99. The molecule has 0 unspecified atom stereocenters. The Morgan fingerprint density at radius 2 is 2.12 bits per heavy atom. The van der Waals surface area contributed by atoms with Crippen LogP contribution in [-0.2, 0) is 4.74 Å². The average Bonchev–Trinajstić information content (AvgIpc) is 3.18. The lowest BCUT2D eigenvalue weighted by Gasteiger charge is -2.22. The molecule has 1 amide bonds. The summed E-state index contributed by atoms with van der Waals surface area (Å²) in [5.74, 6) is 0.573. The van der Waals surface area contributed by atoms with Crippen molar-refractivity contribution < 1.29 is 23.0 Å². The molecule has 11 heteroatoms. The normalized spacial score (nSPS) is 18.1. The quantitative estimate of drug-likeness (QED) is 0.419. The number of ether oxygens (including phenoxy) is 2. The number of amides is 1.